The van der Waals surface area contributed by atoms with Gasteiger partial charge in [0.25, 0.3) is 0 Å². The molecule has 0 amide bonds. The zero-order valence-corrected chi connectivity index (χ0v) is 70.3. The molecule has 0 aliphatic heterocycles. The van der Waals surface area contributed by atoms with Gasteiger partial charge in [0, 0.05) is 148 Å². The molecule has 15 heteroatoms. The van der Waals surface area contributed by atoms with Gasteiger partial charge >= 0.3 is 0 Å². The van der Waals surface area contributed by atoms with Crippen LogP contribution in [0, 0.1) is 96.9 Å². The van der Waals surface area contributed by atoms with Gasteiger partial charge in [-0.1, -0.05) is 56.3 Å². The lowest BCUT2D eigenvalue weighted by Gasteiger charge is -2.10. The zero-order valence-electron chi connectivity index (χ0n) is 73.3. The molecule has 0 unspecified atom stereocenters. The van der Waals surface area contributed by atoms with E-state index in [0.29, 0.717) is 40.0 Å². The van der Waals surface area contributed by atoms with Gasteiger partial charge in [-0.2, -0.15) is 0 Å². The fourth-order valence-corrected chi connectivity index (χ4v) is 16.9. The number of fused-ring (bicyclic) bond motifs is 15. The van der Waals surface area contributed by atoms with Crippen LogP contribution in [0.25, 0.3) is 167 Å². The molecule has 0 aliphatic rings. The van der Waals surface area contributed by atoms with E-state index in [1.807, 2.05) is 67.1 Å². The summed E-state index contributed by atoms with van der Waals surface area (Å²) in [6.07, 6.45) is 19.1. The maximum atomic E-state index is 7.58. The van der Waals surface area contributed by atoms with Crippen LogP contribution in [0.5, 0.6) is 0 Å². The molecule has 20 aromatic rings. The minimum atomic E-state index is -2.12. The number of nitrogens with zero attached hydrogens (tertiary/aromatic N) is 10. The van der Waals surface area contributed by atoms with E-state index in [-0.39, 0.29) is 0 Å². The highest BCUT2D eigenvalue weighted by molar-refractivity contribution is 6.14. The topological polar surface area (TPSA) is 150 Å². The number of furan rings is 5. The van der Waals surface area contributed by atoms with Crippen LogP contribution in [-0.4, -0.2) is 24.9 Å². The third-order valence-corrected chi connectivity index (χ3v) is 23.0. The van der Waals surface area contributed by atoms with Crippen molar-refractivity contribution in [3.05, 3.63) is 297 Å². The van der Waals surface area contributed by atoms with Crippen molar-refractivity contribution < 1.29 is 49.0 Å². The van der Waals surface area contributed by atoms with Crippen molar-refractivity contribution in [3.8, 4) is 56.3 Å². The lowest BCUT2D eigenvalue weighted by molar-refractivity contribution is -0.660. The van der Waals surface area contributed by atoms with Crippen molar-refractivity contribution in [1.29, 1.82) is 0 Å². The number of aryl methyl sites for hydroxylation is 19. The molecule has 15 nitrogen and oxygen atoms in total. The highest BCUT2D eigenvalue weighted by Gasteiger charge is 2.29. The summed E-state index contributed by atoms with van der Waals surface area (Å²) >= 11 is 0. The van der Waals surface area contributed by atoms with Crippen LogP contribution in [0.2, 0.25) is 0 Å². The largest absolute Gasteiger partial charge is 0.437 e. The molecule has 0 aliphatic carbocycles. The maximum Gasteiger partial charge on any atom is 0.227 e. The minimum absolute atomic E-state index is 0.315. The quantitative estimate of drug-likeness (QED) is 0.147. The molecule has 0 N–H and O–H groups in total. The van der Waals surface area contributed by atoms with Crippen LogP contribution in [-0.2, 0) is 35.2 Å². The molecule has 15 aromatic heterocycles. The summed E-state index contributed by atoms with van der Waals surface area (Å²) in [5.41, 5.74) is 36.6. The summed E-state index contributed by atoms with van der Waals surface area (Å²) in [4.78, 5) is 21.9. The average molecular weight is 1550 g/mol. The molecular formula is C102H99N10O5+5. The Balaban J connectivity index is 0.000000112. The predicted molar refractivity (Wildman–Crippen MR) is 471 cm³/mol. The summed E-state index contributed by atoms with van der Waals surface area (Å²) in [6, 6.07) is 51.9. The van der Waals surface area contributed by atoms with E-state index in [4.69, 9.17) is 26.2 Å². The number of hydrogen-bond acceptors (Lipinski definition) is 10. The highest BCUT2D eigenvalue weighted by Crippen LogP contribution is 2.44. The SMILES string of the molecule is Cc1cc(-c2c(C)cc(C)c3c2oc2ncccc23)[n+](C)cc1C.Cc1cc(-c2c(C)ccc3c2oc2ncccc23)[n+](C)cc1C.Cc1cc(C)c2c(oc3ncccc32)c1-c1cc(C(C)C)cc[n+]1C.Cc1ccc(-c2c(C)cc(C)c3c2oc2ncccc23)[n+](C)c1.[2H]C([2H])([2H])c1ccc(-c2c(C)ccc3c2oc2ncccc23)[n+](C)c1. The van der Waals surface area contributed by atoms with E-state index in [1.165, 1.54) is 89.1 Å². The van der Waals surface area contributed by atoms with Gasteiger partial charge in [-0.3, -0.25) is 0 Å². The number of aromatic nitrogens is 10. The van der Waals surface area contributed by atoms with E-state index in [9.17, 15) is 0 Å². The van der Waals surface area contributed by atoms with Gasteiger partial charge in [-0.05, 0) is 237 Å². The molecule has 0 saturated carbocycles. The summed E-state index contributed by atoms with van der Waals surface area (Å²) < 4.78 is 64.0. The third-order valence-electron chi connectivity index (χ3n) is 23.0. The van der Waals surface area contributed by atoms with Crippen molar-refractivity contribution in [1.82, 2.24) is 24.9 Å². The second-order valence-electron chi connectivity index (χ2n) is 31.8. The van der Waals surface area contributed by atoms with Crippen LogP contribution in [0.1, 0.15) is 107 Å². The summed E-state index contributed by atoms with van der Waals surface area (Å²) in [7, 11) is 10.2. The molecular weight excluding hydrogens is 1450 g/mol. The highest BCUT2D eigenvalue weighted by atomic mass is 16.4. The number of benzene rings is 5. The molecule has 5 aromatic carbocycles. The fraction of sp³-hybridized carbons (Fsp3) is 0.216. The Morgan fingerprint density at radius 2 is 0.598 bits per heavy atom. The van der Waals surface area contributed by atoms with Gasteiger partial charge in [0.2, 0.25) is 57.0 Å². The first-order valence-electron chi connectivity index (χ1n) is 41.2. The molecule has 0 spiro atoms. The minimum Gasteiger partial charge on any atom is -0.437 e. The Morgan fingerprint density at radius 3 is 0.983 bits per heavy atom. The molecule has 582 valence electrons. The zero-order chi connectivity index (χ0) is 84.8. The van der Waals surface area contributed by atoms with Crippen molar-refractivity contribution >= 4 is 110 Å². The van der Waals surface area contributed by atoms with E-state index in [0.717, 1.165) is 127 Å². The lowest BCUT2D eigenvalue weighted by atomic mass is 9.95. The van der Waals surface area contributed by atoms with E-state index in [1.54, 1.807) is 43.2 Å². The van der Waals surface area contributed by atoms with Gasteiger partial charge < -0.3 is 22.1 Å². The predicted octanol–water partition coefficient (Wildman–Crippen LogP) is 22.8. The smallest absolute Gasteiger partial charge is 0.227 e. The summed E-state index contributed by atoms with van der Waals surface area (Å²) in [5.74, 6) is 0.485. The van der Waals surface area contributed by atoms with Gasteiger partial charge in [0.15, 0.2) is 58.9 Å². The normalized spacial score (nSPS) is 12.0. The Morgan fingerprint density at radius 1 is 0.274 bits per heavy atom. The molecule has 0 atom stereocenters. The van der Waals surface area contributed by atoms with E-state index >= 15 is 0 Å². The molecule has 0 saturated heterocycles. The van der Waals surface area contributed by atoms with Crippen molar-refractivity contribution in [3.63, 3.8) is 0 Å². The van der Waals surface area contributed by atoms with E-state index in [2.05, 4.69) is 290 Å². The molecule has 20 rings (SSSR count). The van der Waals surface area contributed by atoms with Crippen LogP contribution in [0.3, 0.4) is 0 Å². The maximum absolute atomic E-state index is 7.58. The molecule has 0 radical (unpaired) electrons. The monoisotopic (exact) mass is 1550 g/mol. The first kappa shape index (κ1) is 73.8. The standard InChI is InChI=1S/C22H23N2O.C21H21N2O.2C20H19N2O.C19H17N2O/c1-13(2)16-8-10-24(5)18(12-16)20-15(4)11-14(3)19-17-7-6-9-23-22(17)25-21(19)20;1-12-10-17(23(5)11-15(12)4)19-14(3)9-13(2)18-16-7-6-8-22-21(16)24-20(18)19;1-12-7-8-15-16-6-5-9-21-20(16)23-19(15)18(12)17-10-13(2)14(3)11-22(17)4;1-12-7-8-16(22(4)11-12)18-14(3)10-13(2)17-15-6-5-9-21-20(15)23-19(17)18;1-12-6-9-16(21(3)11-12)17-13(2)7-8-14-15-5-4-10-20-19(15)22-18(14)17/h6-13H,1-5H3;6-11H,1-5H3;2*5-11H,1-4H3;4-11H,1-3H3/q5*+1/i;;;;1D3. The Hall–Kier alpha value is -13.4. The van der Waals surface area contributed by atoms with Crippen molar-refractivity contribution in [2.24, 2.45) is 35.2 Å². The number of hydrogen-bond donors (Lipinski definition) is 0. The fourth-order valence-electron chi connectivity index (χ4n) is 16.9. The second-order valence-corrected chi connectivity index (χ2v) is 31.8. The number of pyridine rings is 10. The molecule has 0 fully saturated rings. The molecule has 117 heavy (non-hydrogen) atoms. The second kappa shape index (κ2) is 31.1. The average Bonchev–Trinajstić information content (AvgIpc) is 0.877. The van der Waals surface area contributed by atoms with Crippen LogP contribution >= 0.6 is 0 Å². The van der Waals surface area contributed by atoms with Gasteiger partial charge in [-0.15, -0.1) is 0 Å². The van der Waals surface area contributed by atoms with Crippen LogP contribution in [0.4, 0.5) is 0 Å². The first-order chi connectivity index (χ1) is 57.4. The molecule has 15 heterocycles. The van der Waals surface area contributed by atoms with Crippen LogP contribution in [0.15, 0.2) is 236 Å². The Kier molecular flexibility index (Phi) is 19.6. The van der Waals surface area contributed by atoms with Crippen molar-refractivity contribution in [2.75, 3.05) is 0 Å². The van der Waals surface area contributed by atoms with E-state index < -0.39 is 6.85 Å². The van der Waals surface area contributed by atoms with Gasteiger partial charge in [0.1, 0.15) is 35.2 Å². The van der Waals surface area contributed by atoms with Crippen molar-refractivity contribution in [2.45, 2.75) is 117 Å². The summed E-state index contributed by atoms with van der Waals surface area (Å²) in [5, 5.41) is 10.9. The third kappa shape index (κ3) is 14.2. The van der Waals surface area contributed by atoms with Crippen LogP contribution < -0.4 is 22.8 Å². The summed E-state index contributed by atoms with van der Waals surface area (Å²) in [6.45, 7) is 30.0. The Labute approximate surface area is 685 Å². The lowest BCUT2D eigenvalue weighted by Crippen LogP contribution is -2.31. The Bertz CT molecular complexity index is 7510. The van der Waals surface area contributed by atoms with Gasteiger partial charge in [0.05, 0.1) is 27.8 Å². The molecule has 0 bridgehead atoms. The van der Waals surface area contributed by atoms with Gasteiger partial charge in [-0.25, -0.2) is 47.8 Å². The first-order valence-corrected chi connectivity index (χ1v) is 39.7. The number of rotatable bonds is 6.